The van der Waals surface area contributed by atoms with Gasteiger partial charge in [0.2, 0.25) is 0 Å². The van der Waals surface area contributed by atoms with Gasteiger partial charge in [-0.25, -0.2) is 4.98 Å². The number of rotatable bonds is 3. The van der Waals surface area contributed by atoms with Crippen LogP contribution in [0.1, 0.15) is 33.6 Å². The minimum atomic E-state index is -0.247. The van der Waals surface area contributed by atoms with E-state index in [1.165, 1.54) is 28.9 Å². The second-order valence-corrected chi connectivity index (χ2v) is 9.70. The van der Waals surface area contributed by atoms with Gasteiger partial charge in [-0.15, -0.1) is 0 Å². The van der Waals surface area contributed by atoms with Crippen molar-refractivity contribution in [3.8, 4) is 0 Å². The number of amides is 1. The lowest BCUT2D eigenvalue weighted by atomic mass is 9.89. The topological polar surface area (TPSA) is 81.7 Å². The van der Waals surface area contributed by atoms with Crippen LogP contribution in [0, 0.1) is 0 Å². The SMILES string of the molecule is Nc1c(C(=O)Nc2ccc(Cl)c(Cl)c2)sc2[nH+]c(N3CCOCC3)c3c(c12)CCCC3. The van der Waals surface area contributed by atoms with Gasteiger partial charge in [0.15, 0.2) is 4.83 Å². The number of anilines is 3. The molecule has 0 unspecified atom stereocenters. The van der Waals surface area contributed by atoms with Crippen molar-refractivity contribution in [1.82, 2.24) is 0 Å². The Kier molecular flexibility index (Phi) is 5.69. The summed E-state index contributed by atoms with van der Waals surface area (Å²) in [5.74, 6) is 0.908. The summed E-state index contributed by atoms with van der Waals surface area (Å²) in [7, 11) is 0. The van der Waals surface area contributed by atoms with E-state index in [2.05, 4.69) is 15.2 Å². The van der Waals surface area contributed by atoms with Crippen LogP contribution in [0.15, 0.2) is 18.2 Å². The van der Waals surface area contributed by atoms with Gasteiger partial charge in [-0.3, -0.25) is 9.69 Å². The van der Waals surface area contributed by atoms with Crippen molar-refractivity contribution in [2.75, 3.05) is 42.3 Å². The number of benzene rings is 1. The number of thiophene rings is 1. The fourth-order valence-electron chi connectivity index (χ4n) is 4.44. The molecule has 31 heavy (non-hydrogen) atoms. The number of H-pyrrole nitrogens is 1. The molecule has 162 valence electrons. The third-order valence-corrected chi connectivity index (χ3v) is 7.80. The number of nitrogens with one attached hydrogen (secondary N) is 2. The Hall–Kier alpha value is -2.06. The number of hydrogen-bond acceptors (Lipinski definition) is 5. The Morgan fingerprint density at radius 3 is 2.61 bits per heavy atom. The lowest BCUT2D eigenvalue weighted by molar-refractivity contribution is -0.328. The standard InChI is InChI=1S/C22H22Cl2N4O2S/c23-15-6-5-12(11-16(15)24)26-21(29)19-18(25)17-13-3-1-2-4-14(13)20(27-22(17)31-19)28-7-9-30-10-8-28/h5-6,11H,1-4,7-10,25H2,(H,26,29)/p+1. The van der Waals surface area contributed by atoms with E-state index >= 15 is 0 Å². The molecule has 1 fully saturated rings. The van der Waals surface area contributed by atoms with Gasteiger partial charge in [-0.1, -0.05) is 34.5 Å². The summed E-state index contributed by atoms with van der Waals surface area (Å²) in [5.41, 5.74) is 10.3. The molecular weight excluding hydrogens is 455 g/mol. The van der Waals surface area contributed by atoms with Crippen LogP contribution in [-0.2, 0) is 17.6 Å². The molecule has 5 rings (SSSR count). The highest BCUT2D eigenvalue weighted by molar-refractivity contribution is 7.21. The van der Waals surface area contributed by atoms with Gasteiger partial charge in [0, 0.05) is 11.3 Å². The summed E-state index contributed by atoms with van der Waals surface area (Å²) >= 11 is 13.5. The number of halogens is 2. The van der Waals surface area contributed by atoms with Crippen molar-refractivity contribution < 1.29 is 14.5 Å². The largest absolute Gasteiger partial charge is 0.397 e. The second-order valence-electron chi connectivity index (χ2n) is 7.87. The lowest BCUT2D eigenvalue weighted by Gasteiger charge is -2.26. The Morgan fingerprint density at radius 2 is 1.87 bits per heavy atom. The number of ether oxygens (including phenoxy) is 1. The number of pyridine rings is 1. The van der Waals surface area contributed by atoms with Crippen molar-refractivity contribution in [2.24, 2.45) is 0 Å². The molecule has 9 heteroatoms. The van der Waals surface area contributed by atoms with Crippen LogP contribution < -0.4 is 20.9 Å². The zero-order chi connectivity index (χ0) is 21.5. The highest BCUT2D eigenvalue weighted by Crippen LogP contribution is 2.40. The van der Waals surface area contributed by atoms with Gasteiger partial charge in [0.25, 0.3) is 11.7 Å². The summed E-state index contributed by atoms with van der Waals surface area (Å²) in [6.07, 6.45) is 4.30. The molecule has 0 atom stereocenters. The Bertz CT molecular complexity index is 1170. The first-order valence-electron chi connectivity index (χ1n) is 10.4. The van der Waals surface area contributed by atoms with Gasteiger partial charge >= 0.3 is 0 Å². The first-order valence-corrected chi connectivity index (χ1v) is 12.0. The number of hydrogen-bond donors (Lipinski definition) is 2. The number of carbonyl (C=O) groups excluding carboxylic acids is 1. The van der Waals surface area contributed by atoms with Gasteiger partial charge in [0.1, 0.15) is 18.0 Å². The Morgan fingerprint density at radius 1 is 1.13 bits per heavy atom. The molecule has 1 aliphatic carbocycles. The maximum atomic E-state index is 13.1. The van der Waals surface area contributed by atoms with Crippen LogP contribution in [0.4, 0.5) is 17.2 Å². The second kappa shape index (κ2) is 8.47. The van der Waals surface area contributed by atoms with E-state index in [1.54, 1.807) is 18.2 Å². The highest BCUT2D eigenvalue weighted by Gasteiger charge is 2.31. The van der Waals surface area contributed by atoms with Crippen LogP contribution in [0.5, 0.6) is 0 Å². The number of aryl methyl sites for hydroxylation is 1. The van der Waals surface area contributed by atoms with Crippen LogP contribution in [-0.4, -0.2) is 32.2 Å². The number of fused-ring (bicyclic) bond motifs is 3. The number of morpholine rings is 1. The van der Waals surface area contributed by atoms with Crippen LogP contribution >= 0.6 is 34.5 Å². The molecule has 6 nitrogen and oxygen atoms in total. The van der Waals surface area contributed by atoms with Crippen LogP contribution in [0.3, 0.4) is 0 Å². The normalized spacial score (nSPS) is 16.4. The molecule has 4 N–H and O–H groups in total. The zero-order valence-corrected chi connectivity index (χ0v) is 19.2. The van der Waals surface area contributed by atoms with E-state index in [1.807, 2.05) is 0 Å². The molecule has 1 aromatic carbocycles. The molecule has 0 spiro atoms. The van der Waals surface area contributed by atoms with Crippen LogP contribution in [0.25, 0.3) is 10.2 Å². The molecule has 1 amide bonds. The molecule has 2 aromatic heterocycles. The lowest BCUT2D eigenvalue weighted by Crippen LogP contribution is -2.40. The van der Waals surface area contributed by atoms with E-state index < -0.39 is 0 Å². The molecule has 0 saturated carbocycles. The molecule has 0 bridgehead atoms. The summed E-state index contributed by atoms with van der Waals surface area (Å²) in [4.78, 5) is 20.5. The molecular formula is C22H23Cl2N4O2S+. The van der Waals surface area contributed by atoms with Gasteiger partial charge < -0.3 is 15.8 Å². The van der Waals surface area contributed by atoms with Crippen LogP contribution in [0.2, 0.25) is 10.0 Å². The monoisotopic (exact) mass is 477 g/mol. The number of nitrogens with two attached hydrogens (primary N) is 1. The summed E-state index contributed by atoms with van der Waals surface area (Å²) < 4.78 is 5.54. The van der Waals surface area contributed by atoms with E-state index in [-0.39, 0.29) is 5.91 Å². The predicted molar refractivity (Wildman–Crippen MR) is 127 cm³/mol. The van der Waals surface area contributed by atoms with Gasteiger partial charge in [-0.2, -0.15) is 0 Å². The van der Waals surface area contributed by atoms with Crippen molar-refractivity contribution in [2.45, 2.75) is 25.7 Å². The van der Waals surface area contributed by atoms with Crippen molar-refractivity contribution >= 4 is 67.9 Å². The molecule has 2 aliphatic rings. The third kappa shape index (κ3) is 3.84. The smallest absolute Gasteiger partial charge is 0.279 e. The highest BCUT2D eigenvalue weighted by atomic mass is 35.5. The minimum absolute atomic E-state index is 0.247. The summed E-state index contributed by atoms with van der Waals surface area (Å²) in [6.45, 7) is 3.18. The fraction of sp³-hybridized carbons (Fsp3) is 0.364. The first-order chi connectivity index (χ1) is 15.0. The average molecular weight is 478 g/mol. The van der Waals surface area contributed by atoms with Crippen molar-refractivity contribution in [1.29, 1.82) is 0 Å². The minimum Gasteiger partial charge on any atom is -0.397 e. The van der Waals surface area contributed by atoms with Gasteiger partial charge in [0.05, 0.1) is 34.3 Å². The fourth-order valence-corrected chi connectivity index (χ4v) is 5.79. The van der Waals surface area contributed by atoms with E-state index in [9.17, 15) is 4.79 Å². The Balaban J connectivity index is 1.56. The average Bonchev–Trinajstić information content (AvgIpc) is 3.13. The maximum absolute atomic E-state index is 13.1. The number of nitrogen functional groups attached to an aromatic ring is 1. The maximum Gasteiger partial charge on any atom is 0.279 e. The number of carbonyl (C=O) groups is 1. The molecule has 3 aromatic rings. The molecule has 3 heterocycles. The molecule has 1 aliphatic heterocycles. The number of nitrogens with zero attached hydrogens (tertiary/aromatic N) is 1. The third-order valence-electron chi connectivity index (χ3n) is 5.94. The van der Waals surface area contributed by atoms with E-state index in [4.69, 9.17) is 33.7 Å². The summed E-state index contributed by atoms with van der Waals surface area (Å²) in [5, 5.41) is 4.72. The first kappa shape index (κ1) is 20.8. The van der Waals surface area contributed by atoms with E-state index in [0.717, 1.165) is 61.6 Å². The van der Waals surface area contributed by atoms with Gasteiger partial charge in [-0.05, 0) is 49.4 Å². The Labute approximate surface area is 194 Å². The number of aromatic amines is 1. The summed E-state index contributed by atoms with van der Waals surface area (Å²) in [6, 6.07) is 5.02. The van der Waals surface area contributed by atoms with Crippen molar-refractivity contribution in [3.63, 3.8) is 0 Å². The molecule has 1 saturated heterocycles. The predicted octanol–water partition coefficient (Wildman–Crippen LogP) is 4.57. The zero-order valence-electron chi connectivity index (χ0n) is 16.9. The molecule has 0 radical (unpaired) electrons. The number of aromatic nitrogens is 1. The quantitative estimate of drug-likeness (QED) is 0.578. The van der Waals surface area contributed by atoms with E-state index in [0.29, 0.717) is 26.3 Å². The van der Waals surface area contributed by atoms with Crippen molar-refractivity contribution in [3.05, 3.63) is 44.2 Å².